The monoisotopic (exact) mass is 329 g/mol. The van der Waals surface area contributed by atoms with Crippen molar-refractivity contribution in [2.45, 2.75) is 25.2 Å². The predicted octanol–water partition coefficient (Wildman–Crippen LogP) is 0.195. The second-order valence-electron chi connectivity index (χ2n) is 4.98. The van der Waals surface area contributed by atoms with Crippen LogP contribution < -0.4 is 4.74 Å². The number of aliphatic carboxylic acids is 2. The van der Waals surface area contributed by atoms with Crippen LogP contribution in [0.4, 0.5) is 0 Å². The topological polar surface area (TPSA) is 128 Å². The van der Waals surface area contributed by atoms with Crippen LogP contribution in [-0.4, -0.2) is 70.7 Å². The van der Waals surface area contributed by atoms with Gasteiger partial charge >= 0.3 is 11.9 Å². The summed E-state index contributed by atoms with van der Waals surface area (Å²) < 4.78 is 5.17. The van der Waals surface area contributed by atoms with E-state index < -0.39 is 24.1 Å². The fraction of sp³-hybridized carbons (Fsp3) is 0.467. The largest absolute Gasteiger partial charge is 0.497 e. The van der Waals surface area contributed by atoms with Crippen LogP contribution in [0.15, 0.2) is 24.3 Å². The number of hydrogen-bond acceptors (Lipinski definition) is 6. The van der Waals surface area contributed by atoms with Crippen molar-refractivity contribution >= 4 is 11.9 Å². The molecular weight excluding hydrogens is 306 g/mol. The SMILES string of the molecule is COc1cccc([C@H](C)N(C)C)c1.O=C(O)[C@H](O)[C@@H](O)C(=O)O. The zero-order valence-electron chi connectivity index (χ0n) is 13.5. The molecule has 130 valence electrons. The number of aliphatic hydroxyl groups excluding tert-OH is 2. The third-order valence-electron chi connectivity index (χ3n) is 3.16. The zero-order valence-corrected chi connectivity index (χ0v) is 13.5. The van der Waals surface area contributed by atoms with Gasteiger partial charge in [0.05, 0.1) is 7.11 Å². The maximum absolute atomic E-state index is 9.77. The maximum Gasteiger partial charge on any atom is 0.335 e. The molecule has 0 amide bonds. The number of carboxylic acids is 2. The predicted molar refractivity (Wildman–Crippen MR) is 82.4 cm³/mol. The van der Waals surface area contributed by atoms with Crippen molar-refractivity contribution in [3.63, 3.8) is 0 Å². The molecule has 0 saturated heterocycles. The Hall–Kier alpha value is -2.16. The Morgan fingerprint density at radius 2 is 1.57 bits per heavy atom. The van der Waals surface area contributed by atoms with Gasteiger partial charge in [-0.1, -0.05) is 12.1 Å². The van der Waals surface area contributed by atoms with Crippen LogP contribution >= 0.6 is 0 Å². The highest BCUT2D eigenvalue weighted by Crippen LogP contribution is 2.21. The summed E-state index contributed by atoms with van der Waals surface area (Å²) in [6.07, 6.45) is -4.53. The Kier molecular flexibility index (Phi) is 8.86. The molecule has 1 aromatic carbocycles. The molecule has 0 aliphatic rings. The highest BCUT2D eigenvalue weighted by molar-refractivity contribution is 5.83. The summed E-state index contributed by atoms with van der Waals surface area (Å²) in [4.78, 5) is 21.7. The van der Waals surface area contributed by atoms with Crippen LogP contribution in [0.5, 0.6) is 5.75 Å². The smallest absolute Gasteiger partial charge is 0.335 e. The van der Waals surface area contributed by atoms with E-state index in [0.717, 1.165) is 5.75 Å². The first kappa shape index (κ1) is 20.8. The zero-order chi connectivity index (χ0) is 18.2. The summed E-state index contributed by atoms with van der Waals surface area (Å²) >= 11 is 0. The molecule has 23 heavy (non-hydrogen) atoms. The number of ether oxygens (including phenoxy) is 1. The molecule has 0 aliphatic carbocycles. The minimum absolute atomic E-state index is 0.426. The van der Waals surface area contributed by atoms with Gasteiger partial charge in [0.15, 0.2) is 12.2 Å². The summed E-state index contributed by atoms with van der Waals surface area (Å²) in [6, 6.07) is 8.60. The van der Waals surface area contributed by atoms with E-state index in [-0.39, 0.29) is 0 Å². The van der Waals surface area contributed by atoms with Crippen LogP contribution in [0.1, 0.15) is 18.5 Å². The third-order valence-corrected chi connectivity index (χ3v) is 3.16. The second-order valence-corrected chi connectivity index (χ2v) is 4.98. The fourth-order valence-electron chi connectivity index (χ4n) is 1.47. The lowest BCUT2D eigenvalue weighted by atomic mass is 10.1. The molecule has 0 aromatic heterocycles. The van der Waals surface area contributed by atoms with Gasteiger partial charge in [0.25, 0.3) is 0 Å². The molecule has 1 rings (SSSR count). The minimum Gasteiger partial charge on any atom is -0.497 e. The van der Waals surface area contributed by atoms with Gasteiger partial charge < -0.3 is 30.1 Å². The molecule has 0 unspecified atom stereocenters. The van der Waals surface area contributed by atoms with Crippen molar-refractivity contribution in [2.75, 3.05) is 21.2 Å². The number of carboxylic acid groups (broad SMARTS) is 2. The van der Waals surface area contributed by atoms with Gasteiger partial charge in [-0.2, -0.15) is 0 Å². The van der Waals surface area contributed by atoms with Gasteiger partial charge in [-0.05, 0) is 38.7 Å². The maximum atomic E-state index is 9.77. The molecule has 0 fully saturated rings. The van der Waals surface area contributed by atoms with Crippen LogP contribution in [0.3, 0.4) is 0 Å². The number of hydrogen-bond donors (Lipinski definition) is 4. The van der Waals surface area contributed by atoms with Gasteiger partial charge in [0.1, 0.15) is 5.75 Å². The molecule has 4 N–H and O–H groups in total. The summed E-state index contributed by atoms with van der Waals surface area (Å²) in [6.45, 7) is 2.18. The molecule has 1 aromatic rings. The Morgan fingerprint density at radius 1 is 1.09 bits per heavy atom. The van der Waals surface area contributed by atoms with Crippen molar-refractivity contribution in [1.29, 1.82) is 0 Å². The lowest BCUT2D eigenvalue weighted by Crippen LogP contribution is -2.39. The molecule has 8 nitrogen and oxygen atoms in total. The molecule has 0 saturated carbocycles. The molecular formula is C15H23NO7. The number of rotatable bonds is 6. The van der Waals surface area contributed by atoms with E-state index in [2.05, 4.69) is 38.1 Å². The van der Waals surface area contributed by atoms with Gasteiger partial charge in [0, 0.05) is 6.04 Å². The van der Waals surface area contributed by atoms with Crippen molar-refractivity contribution in [3.05, 3.63) is 29.8 Å². The summed E-state index contributed by atoms with van der Waals surface area (Å²) in [7, 11) is 5.84. The van der Waals surface area contributed by atoms with Gasteiger partial charge in [-0.15, -0.1) is 0 Å². The van der Waals surface area contributed by atoms with Crippen molar-refractivity contribution < 1.29 is 34.8 Å². The van der Waals surface area contributed by atoms with E-state index >= 15 is 0 Å². The first-order chi connectivity index (χ1) is 10.6. The van der Waals surface area contributed by atoms with Gasteiger partial charge in [0.2, 0.25) is 0 Å². The Balaban J connectivity index is 0.000000438. The Bertz CT molecular complexity index is 500. The van der Waals surface area contributed by atoms with E-state index in [0.29, 0.717) is 6.04 Å². The Morgan fingerprint density at radius 3 is 1.91 bits per heavy atom. The number of aliphatic hydroxyl groups is 2. The highest BCUT2D eigenvalue weighted by atomic mass is 16.5. The summed E-state index contributed by atoms with van der Waals surface area (Å²) in [5, 5.41) is 32.5. The normalized spacial score (nSPS) is 14.2. The van der Waals surface area contributed by atoms with Crippen molar-refractivity contribution in [2.24, 2.45) is 0 Å². The van der Waals surface area contributed by atoms with E-state index in [1.165, 1.54) is 5.56 Å². The van der Waals surface area contributed by atoms with Crippen LogP contribution in [0.25, 0.3) is 0 Å². The number of methoxy groups -OCH3 is 1. The molecule has 8 heteroatoms. The van der Waals surface area contributed by atoms with Crippen molar-refractivity contribution in [3.8, 4) is 5.75 Å². The van der Waals surface area contributed by atoms with Crippen molar-refractivity contribution in [1.82, 2.24) is 4.90 Å². The fourth-order valence-corrected chi connectivity index (χ4v) is 1.47. The molecule has 0 radical (unpaired) electrons. The van der Waals surface area contributed by atoms with Crippen LogP contribution in [0.2, 0.25) is 0 Å². The van der Waals surface area contributed by atoms with Gasteiger partial charge in [-0.25, -0.2) is 9.59 Å². The average molecular weight is 329 g/mol. The standard InChI is InChI=1S/C11H17NO.C4H6O6/c1-9(12(2)3)10-6-5-7-11(8-10)13-4;5-1(3(7)8)2(6)4(9)10/h5-9H,1-4H3;1-2,5-6H,(H,7,8)(H,9,10)/t9-;1-,2-/m01/s1. The van der Waals surface area contributed by atoms with E-state index in [1.54, 1.807) is 7.11 Å². The summed E-state index contributed by atoms with van der Waals surface area (Å²) in [5.74, 6) is -2.61. The van der Waals surface area contributed by atoms with E-state index in [4.69, 9.17) is 25.2 Å². The molecule has 0 bridgehead atoms. The van der Waals surface area contributed by atoms with Crippen LogP contribution in [0, 0.1) is 0 Å². The minimum atomic E-state index is -2.27. The first-order valence-corrected chi connectivity index (χ1v) is 6.73. The Labute approximate surface area is 134 Å². The second kappa shape index (κ2) is 9.78. The highest BCUT2D eigenvalue weighted by Gasteiger charge is 2.29. The lowest BCUT2D eigenvalue weighted by Gasteiger charge is -2.20. The summed E-state index contributed by atoms with van der Waals surface area (Å²) in [5.41, 5.74) is 1.28. The quantitative estimate of drug-likeness (QED) is 0.582. The molecule has 3 atom stereocenters. The van der Waals surface area contributed by atoms with E-state index in [1.807, 2.05) is 12.1 Å². The average Bonchev–Trinajstić information content (AvgIpc) is 2.52. The first-order valence-electron chi connectivity index (χ1n) is 6.73. The molecule has 0 aliphatic heterocycles. The third kappa shape index (κ3) is 7.09. The number of benzene rings is 1. The van der Waals surface area contributed by atoms with E-state index in [9.17, 15) is 9.59 Å². The molecule has 0 spiro atoms. The number of nitrogens with zero attached hydrogens (tertiary/aromatic N) is 1. The van der Waals surface area contributed by atoms with Gasteiger partial charge in [-0.3, -0.25) is 0 Å². The van der Waals surface area contributed by atoms with Crippen LogP contribution in [-0.2, 0) is 9.59 Å². The lowest BCUT2D eigenvalue weighted by molar-refractivity contribution is -0.165. The number of carbonyl (C=O) groups is 2. The molecule has 0 heterocycles.